The minimum atomic E-state index is -2.01. The zero-order valence-corrected chi connectivity index (χ0v) is 21.8. The van der Waals surface area contributed by atoms with E-state index >= 15 is 0 Å². The Labute approximate surface area is 214 Å². The Morgan fingerprint density at radius 1 is 1.08 bits per heavy atom. The molecule has 1 fully saturated rings. The second-order valence-corrected chi connectivity index (χ2v) is 14.0. The number of aromatic nitrogens is 2. The summed E-state index contributed by atoms with van der Waals surface area (Å²) in [5, 5.41) is 6.34. The fourth-order valence-electron chi connectivity index (χ4n) is 4.58. The van der Waals surface area contributed by atoms with Crippen LogP contribution in [-0.2, 0) is 6.54 Å². The van der Waals surface area contributed by atoms with Crippen LogP contribution in [0.15, 0.2) is 42.6 Å². The van der Waals surface area contributed by atoms with Gasteiger partial charge in [-0.3, -0.25) is 0 Å². The fourth-order valence-corrected chi connectivity index (χ4v) is 6.54. The Morgan fingerprint density at radius 3 is 2.56 bits per heavy atom. The van der Waals surface area contributed by atoms with Gasteiger partial charge in [0.1, 0.15) is 11.6 Å². The summed E-state index contributed by atoms with van der Waals surface area (Å²) in [6.45, 7) is 5.14. The van der Waals surface area contributed by atoms with Crippen LogP contribution < -0.4 is 20.4 Å². The number of rotatable bonds is 5. The molecule has 0 aliphatic carbocycles. The van der Waals surface area contributed by atoms with Gasteiger partial charge in [0.05, 0.1) is 5.02 Å². The Kier molecular flexibility index (Phi) is 7.15. The third kappa shape index (κ3) is 5.48. The predicted molar refractivity (Wildman–Crippen MR) is 146 cm³/mol. The molecule has 3 N–H and O–H groups in total. The molecular formula is C25H30ClF2N6OP. The quantitative estimate of drug-likeness (QED) is 0.311. The predicted octanol–water partition coefficient (Wildman–Crippen LogP) is 5.08. The van der Waals surface area contributed by atoms with Gasteiger partial charge in [-0.1, -0.05) is 11.6 Å². The Bertz CT molecular complexity index is 1240. The van der Waals surface area contributed by atoms with Crippen LogP contribution in [0, 0.1) is 11.6 Å². The number of fused-ring (bicyclic) bond motifs is 1. The zero-order chi connectivity index (χ0) is 25.3. The standard InChI is InChI=1S/C25H30ClF2N6OP/c1-36(35)13-11-33(12-14-36)18-5-3-17(4-6-18)31-22-15-30-24-25(32-22)34(10-2-9-29-24)16-19-20(27)7-8-21(28)23(19)26/h3-8,15,35-36H,2,9-14,16H2,1H3,(H,29,30)(H,31,32). The molecule has 0 amide bonds. The van der Waals surface area contributed by atoms with E-state index in [0.717, 1.165) is 55.3 Å². The number of hydrogen-bond donors (Lipinski definition) is 3. The van der Waals surface area contributed by atoms with Crippen molar-refractivity contribution >= 4 is 47.9 Å². The third-order valence-corrected chi connectivity index (χ3v) is 9.79. The molecule has 5 rings (SSSR count). The molecule has 192 valence electrons. The van der Waals surface area contributed by atoms with Gasteiger partial charge in [-0.15, -0.1) is 0 Å². The molecule has 1 saturated heterocycles. The Balaban J connectivity index is 1.34. The first-order valence-electron chi connectivity index (χ1n) is 12.1. The van der Waals surface area contributed by atoms with Gasteiger partial charge >= 0.3 is 129 Å². The molecule has 2 aliphatic rings. The van der Waals surface area contributed by atoms with E-state index in [9.17, 15) is 13.7 Å². The van der Waals surface area contributed by atoms with E-state index in [1.54, 1.807) is 6.20 Å². The molecule has 2 aliphatic heterocycles. The zero-order valence-electron chi connectivity index (χ0n) is 20.1. The Hall–Kier alpha value is -2.74. The van der Waals surface area contributed by atoms with Gasteiger partial charge in [0.15, 0.2) is 0 Å². The van der Waals surface area contributed by atoms with Crippen molar-refractivity contribution in [1.29, 1.82) is 0 Å². The molecule has 0 bridgehead atoms. The molecule has 0 radical (unpaired) electrons. The van der Waals surface area contributed by atoms with Gasteiger partial charge in [0, 0.05) is 25.2 Å². The second-order valence-electron chi connectivity index (χ2n) is 9.61. The summed E-state index contributed by atoms with van der Waals surface area (Å²) >= 11 is 6.09. The molecule has 0 atom stereocenters. The van der Waals surface area contributed by atoms with Crippen LogP contribution in [-0.4, -0.2) is 60.0 Å². The van der Waals surface area contributed by atoms with E-state index in [0.29, 0.717) is 30.5 Å². The molecule has 0 saturated carbocycles. The van der Waals surface area contributed by atoms with Crippen LogP contribution in [0.2, 0.25) is 5.02 Å². The normalized spacial score (nSPS) is 18.1. The van der Waals surface area contributed by atoms with Crippen molar-refractivity contribution < 1.29 is 13.7 Å². The van der Waals surface area contributed by atoms with Crippen molar-refractivity contribution in [3.05, 3.63) is 64.8 Å². The third-order valence-electron chi connectivity index (χ3n) is 6.78. The van der Waals surface area contributed by atoms with Gasteiger partial charge in [-0.2, -0.15) is 0 Å². The van der Waals surface area contributed by atoms with Crippen LogP contribution in [0.1, 0.15) is 12.0 Å². The number of halogens is 3. The summed E-state index contributed by atoms with van der Waals surface area (Å²) < 4.78 is 28.5. The summed E-state index contributed by atoms with van der Waals surface area (Å²) in [6.07, 6.45) is 4.20. The van der Waals surface area contributed by atoms with Gasteiger partial charge in [0.2, 0.25) is 0 Å². The number of nitrogens with one attached hydrogen (secondary N) is 2. The van der Waals surface area contributed by atoms with Gasteiger partial charge in [-0.25, -0.2) is 8.78 Å². The van der Waals surface area contributed by atoms with E-state index in [1.807, 2.05) is 23.7 Å². The van der Waals surface area contributed by atoms with Crippen LogP contribution in [0.25, 0.3) is 0 Å². The first-order chi connectivity index (χ1) is 17.3. The fraction of sp³-hybridized carbons (Fsp3) is 0.360. The summed E-state index contributed by atoms with van der Waals surface area (Å²) in [7, 11) is -2.01. The van der Waals surface area contributed by atoms with E-state index < -0.39 is 19.1 Å². The van der Waals surface area contributed by atoms with E-state index in [2.05, 4.69) is 32.7 Å². The SMILES string of the molecule is C[PH]1(O)CCN(c2ccc(Nc3cnc4c(n3)N(Cc3c(F)ccc(F)c3Cl)CCCN4)cc2)CC1. The van der Waals surface area contributed by atoms with E-state index in [-0.39, 0.29) is 17.1 Å². The van der Waals surface area contributed by atoms with E-state index in [4.69, 9.17) is 16.6 Å². The first-order valence-corrected chi connectivity index (χ1v) is 15.4. The molecular weight excluding hydrogens is 505 g/mol. The Morgan fingerprint density at radius 2 is 1.81 bits per heavy atom. The second kappa shape index (κ2) is 10.3. The molecule has 7 nitrogen and oxygen atoms in total. The van der Waals surface area contributed by atoms with Crippen LogP contribution in [0.3, 0.4) is 0 Å². The van der Waals surface area contributed by atoms with Crippen molar-refractivity contribution in [2.75, 3.05) is 65.6 Å². The van der Waals surface area contributed by atoms with Crippen molar-refractivity contribution in [3.8, 4) is 0 Å². The average Bonchev–Trinajstić information content (AvgIpc) is 3.06. The summed E-state index contributed by atoms with van der Waals surface area (Å²) in [4.78, 5) is 23.8. The number of benzene rings is 2. The summed E-state index contributed by atoms with van der Waals surface area (Å²) in [5.74, 6) is 0.482. The van der Waals surface area contributed by atoms with Crippen LogP contribution >= 0.6 is 19.1 Å². The van der Waals surface area contributed by atoms with Crippen molar-refractivity contribution in [2.24, 2.45) is 0 Å². The molecule has 1 aromatic heterocycles. The van der Waals surface area contributed by atoms with Crippen molar-refractivity contribution in [3.63, 3.8) is 0 Å². The van der Waals surface area contributed by atoms with Crippen LogP contribution in [0.4, 0.5) is 37.6 Å². The molecule has 11 heteroatoms. The van der Waals surface area contributed by atoms with Gasteiger partial charge in [-0.05, 0) is 18.6 Å². The maximum atomic E-state index is 14.5. The summed E-state index contributed by atoms with van der Waals surface area (Å²) in [6, 6.07) is 10.2. The maximum absolute atomic E-state index is 14.5. The molecule has 2 aromatic carbocycles. The first kappa shape index (κ1) is 24.9. The van der Waals surface area contributed by atoms with Crippen molar-refractivity contribution in [1.82, 2.24) is 9.97 Å². The molecule has 0 unspecified atom stereocenters. The topological polar surface area (TPSA) is 76.5 Å². The monoisotopic (exact) mass is 534 g/mol. The average molecular weight is 535 g/mol. The number of nitrogens with zero attached hydrogens (tertiary/aromatic N) is 4. The number of hydrogen-bond acceptors (Lipinski definition) is 7. The van der Waals surface area contributed by atoms with Crippen molar-refractivity contribution in [2.45, 2.75) is 13.0 Å². The summed E-state index contributed by atoms with van der Waals surface area (Å²) in [5.41, 5.74) is 2.09. The van der Waals surface area contributed by atoms with Gasteiger partial charge in [0.25, 0.3) is 0 Å². The minimum absolute atomic E-state index is 0.0789. The van der Waals surface area contributed by atoms with E-state index in [1.165, 1.54) is 0 Å². The number of anilines is 5. The molecule has 3 heterocycles. The molecule has 3 aromatic rings. The molecule has 0 spiro atoms. The molecule has 36 heavy (non-hydrogen) atoms. The van der Waals surface area contributed by atoms with Crippen LogP contribution in [0.5, 0.6) is 0 Å². The van der Waals surface area contributed by atoms with Gasteiger partial charge < -0.3 is 5.32 Å².